The van der Waals surface area contributed by atoms with Gasteiger partial charge in [0.2, 0.25) is 0 Å². The Labute approximate surface area is 161 Å². The quantitative estimate of drug-likeness (QED) is 0.829. The highest BCUT2D eigenvalue weighted by molar-refractivity contribution is 5.81. The number of hydrogen-bond donors (Lipinski definition) is 2. The molecule has 140 valence electrons. The Bertz CT molecular complexity index is 737. The molecule has 0 aliphatic heterocycles. The van der Waals surface area contributed by atoms with E-state index in [2.05, 4.69) is 41.0 Å². The number of quaternary nitrogens is 1. The fourth-order valence-corrected chi connectivity index (χ4v) is 3.88. The summed E-state index contributed by atoms with van der Waals surface area (Å²) in [5, 5.41) is 14.8. The van der Waals surface area contributed by atoms with Gasteiger partial charge in [-0.15, -0.1) is 0 Å². The largest absolute Gasteiger partial charge is 0.333 e. The SMILES string of the molecule is C[C@@H]([NH2+]C(c1ccccc1)c1ccccc1)C(=O)NC1(C#N)CCCCC1. The minimum absolute atomic E-state index is 0.0394. The minimum Gasteiger partial charge on any atom is -0.333 e. The van der Waals surface area contributed by atoms with Crippen LogP contribution >= 0.6 is 0 Å². The molecule has 1 aliphatic carbocycles. The lowest BCUT2D eigenvalue weighted by Gasteiger charge is -2.32. The molecule has 1 aliphatic rings. The van der Waals surface area contributed by atoms with E-state index in [-0.39, 0.29) is 18.0 Å². The third kappa shape index (κ3) is 4.75. The van der Waals surface area contributed by atoms with Crippen molar-refractivity contribution in [3.63, 3.8) is 0 Å². The lowest BCUT2D eigenvalue weighted by molar-refractivity contribution is -0.704. The zero-order chi connectivity index (χ0) is 19.1. The van der Waals surface area contributed by atoms with Crippen LogP contribution in [-0.2, 0) is 4.79 Å². The van der Waals surface area contributed by atoms with Crippen LogP contribution in [0, 0.1) is 11.3 Å². The molecule has 0 bridgehead atoms. The zero-order valence-electron chi connectivity index (χ0n) is 15.9. The topological polar surface area (TPSA) is 69.5 Å². The van der Waals surface area contributed by atoms with Crippen molar-refractivity contribution >= 4 is 5.91 Å². The van der Waals surface area contributed by atoms with Crippen LogP contribution in [0.2, 0.25) is 0 Å². The summed E-state index contributed by atoms with van der Waals surface area (Å²) in [5.41, 5.74) is 1.64. The van der Waals surface area contributed by atoms with Gasteiger partial charge in [0.05, 0.1) is 6.07 Å². The smallest absolute Gasteiger partial charge is 0.279 e. The van der Waals surface area contributed by atoms with Crippen molar-refractivity contribution < 1.29 is 10.1 Å². The summed E-state index contributed by atoms with van der Waals surface area (Å²) < 4.78 is 0. The number of benzene rings is 2. The Hall–Kier alpha value is -2.64. The maximum Gasteiger partial charge on any atom is 0.279 e. The van der Waals surface area contributed by atoms with E-state index in [1.807, 2.05) is 43.3 Å². The van der Waals surface area contributed by atoms with Crippen molar-refractivity contribution in [1.82, 2.24) is 5.32 Å². The fourth-order valence-electron chi connectivity index (χ4n) is 3.88. The highest BCUT2D eigenvalue weighted by Gasteiger charge is 2.36. The van der Waals surface area contributed by atoms with Crippen molar-refractivity contribution in [2.45, 2.75) is 56.7 Å². The molecular weight excluding hydrogens is 334 g/mol. The van der Waals surface area contributed by atoms with Gasteiger partial charge < -0.3 is 10.6 Å². The van der Waals surface area contributed by atoms with E-state index >= 15 is 0 Å². The predicted molar refractivity (Wildman–Crippen MR) is 106 cm³/mol. The Morgan fingerprint density at radius 2 is 1.52 bits per heavy atom. The van der Waals surface area contributed by atoms with Gasteiger partial charge in [-0.05, 0) is 19.8 Å². The molecule has 4 nitrogen and oxygen atoms in total. The number of amides is 1. The van der Waals surface area contributed by atoms with E-state index in [1.54, 1.807) is 0 Å². The highest BCUT2D eigenvalue weighted by atomic mass is 16.2. The number of nitrogens with zero attached hydrogens (tertiary/aromatic N) is 1. The number of rotatable bonds is 6. The van der Waals surface area contributed by atoms with Gasteiger partial charge in [-0.1, -0.05) is 79.9 Å². The van der Waals surface area contributed by atoms with E-state index in [4.69, 9.17) is 0 Å². The Kier molecular flexibility index (Phi) is 6.26. The summed E-state index contributed by atoms with van der Waals surface area (Å²) >= 11 is 0. The molecule has 2 aromatic carbocycles. The van der Waals surface area contributed by atoms with Crippen LogP contribution in [0.1, 0.15) is 56.2 Å². The van der Waals surface area contributed by atoms with Crippen molar-refractivity contribution in [3.8, 4) is 6.07 Å². The Morgan fingerprint density at radius 1 is 1.00 bits per heavy atom. The summed E-state index contributed by atoms with van der Waals surface area (Å²) in [6.45, 7) is 1.92. The van der Waals surface area contributed by atoms with E-state index in [1.165, 1.54) is 0 Å². The molecule has 3 rings (SSSR count). The lowest BCUT2D eigenvalue weighted by atomic mass is 9.82. The zero-order valence-corrected chi connectivity index (χ0v) is 15.9. The molecule has 3 N–H and O–H groups in total. The molecule has 27 heavy (non-hydrogen) atoms. The first-order valence-electron chi connectivity index (χ1n) is 9.82. The summed E-state index contributed by atoms with van der Waals surface area (Å²) in [5.74, 6) is -0.0599. The van der Waals surface area contributed by atoms with Crippen LogP contribution in [0.3, 0.4) is 0 Å². The first kappa shape index (κ1) is 19.1. The summed E-state index contributed by atoms with van der Waals surface area (Å²) in [6.07, 6.45) is 4.65. The standard InChI is InChI=1S/C23H27N3O/c1-18(22(27)26-23(17-24)15-9-4-10-16-23)25-21(19-11-5-2-6-12-19)20-13-7-3-8-14-20/h2-3,5-8,11-14,18,21,25H,4,9-10,15-16H2,1H3,(H,26,27)/p+1/t18-/m1/s1. The van der Waals surface area contributed by atoms with Gasteiger partial charge in [-0.25, -0.2) is 0 Å². The molecule has 1 fully saturated rings. The molecule has 0 aromatic heterocycles. The Balaban J connectivity index is 1.75. The van der Waals surface area contributed by atoms with Crippen molar-refractivity contribution in [2.75, 3.05) is 0 Å². The second-order valence-electron chi connectivity index (χ2n) is 7.52. The van der Waals surface area contributed by atoms with Gasteiger partial charge in [0.15, 0.2) is 6.04 Å². The normalized spacial score (nSPS) is 17.1. The molecule has 1 amide bonds. The maximum atomic E-state index is 12.9. The molecule has 0 spiro atoms. The van der Waals surface area contributed by atoms with Crippen LogP contribution in [0.15, 0.2) is 60.7 Å². The molecule has 2 aromatic rings. The average Bonchev–Trinajstić information content (AvgIpc) is 2.73. The summed E-state index contributed by atoms with van der Waals surface area (Å²) in [7, 11) is 0. The van der Waals surface area contributed by atoms with E-state index < -0.39 is 5.54 Å². The third-order valence-electron chi connectivity index (χ3n) is 5.50. The van der Waals surface area contributed by atoms with E-state index in [9.17, 15) is 10.1 Å². The van der Waals surface area contributed by atoms with Crippen LogP contribution in [0.25, 0.3) is 0 Å². The lowest BCUT2D eigenvalue weighted by Crippen LogP contribution is -2.93. The van der Waals surface area contributed by atoms with Gasteiger partial charge in [-0.3, -0.25) is 4.79 Å². The van der Waals surface area contributed by atoms with Crippen molar-refractivity contribution in [1.29, 1.82) is 5.26 Å². The predicted octanol–water partition coefficient (Wildman–Crippen LogP) is 3.07. The average molecular weight is 362 g/mol. The number of nitrogens with two attached hydrogens (primary N) is 1. The fraction of sp³-hybridized carbons (Fsp3) is 0.391. The summed E-state index contributed by atoms with van der Waals surface area (Å²) in [6, 6.07) is 22.6. The van der Waals surface area contributed by atoms with Crippen LogP contribution in [0.4, 0.5) is 0 Å². The second kappa shape index (κ2) is 8.83. The van der Waals surface area contributed by atoms with Crippen molar-refractivity contribution in [2.24, 2.45) is 0 Å². The molecule has 4 heteroatoms. The second-order valence-corrected chi connectivity index (χ2v) is 7.52. The minimum atomic E-state index is -0.688. The highest BCUT2D eigenvalue weighted by Crippen LogP contribution is 2.27. The van der Waals surface area contributed by atoms with Crippen molar-refractivity contribution in [3.05, 3.63) is 71.8 Å². The first-order chi connectivity index (χ1) is 13.1. The number of hydrogen-bond acceptors (Lipinski definition) is 2. The monoisotopic (exact) mass is 362 g/mol. The third-order valence-corrected chi connectivity index (χ3v) is 5.50. The van der Waals surface area contributed by atoms with Crippen LogP contribution in [-0.4, -0.2) is 17.5 Å². The van der Waals surface area contributed by atoms with Gasteiger partial charge in [0.1, 0.15) is 11.6 Å². The summed E-state index contributed by atoms with van der Waals surface area (Å²) in [4.78, 5) is 12.9. The molecule has 0 saturated heterocycles. The number of nitrogens with one attached hydrogen (secondary N) is 1. The number of carbonyl (C=O) groups excluding carboxylic acids is 1. The van der Waals surface area contributed by atoms with Gasteiger partial charge in [-0.2, -0.15) is 5.26 Å². The van der Waals surface area contributed by atoms with E-state index in [0.717, 1.165) is 43.2 Å². The number of nitriles is 1. The molecule has 0 heterocycles. The maximum absolute atomic E-state index is 12.9. The van der Waals surface area contributed by atoms with Gasteiger partial charge in [0, 0.05) is 11.1 Å². The molecule has 1 saturated carbocycles. The van der Waals surface area contributed by atoms with Crippen LogP contribution < -0.4 is 10.6 Å². The Morgan fingerprint density at radius 3 is 2.00 bits per heavy atom. The van der Waals surface area contributed by atoms with Gasteiger partial charge >= 0.3 is 0 Å². The van der Waals surface area contributed by atoms with Gasteiger partial charge in [0.25, 0.3) is 5.91 Å². The molecule has 0 radical (unpaired) electrons. The molecule has 1 atom stereocenters. The first-order valence-corrected chi connectivity index (χ1v) is 9.82. The number of carbonyl (C=O) groups is 1. The molecular formula is C23H28N3O+. The molecule has 0 unspecified atom stereocenters. The van der Waals surface area contributed by atoms with E-state index in [0.29, 0.717) is 0 Å². The van der Waals surface area contributed by atoms with Crippen LogP contribution in [0.5, 0.6) is 0 Å².